The van der Waals surface area contributed by atoms with Crippen molar-refractivity contribution in [2.45, 2.75) is 49.1 Å². The molecule has 0 bridgehead atoms. The van der Waals surface area contributed by atoms with E-state index in [4.69, 9.17) is 0 Å². The highest BCUT2D eigenvalue weighted by Crippen LogP contribution is 2.38. The van der Waals surface area contributed by atoms with Crippen molar-refractivity contribution in [3.05, 3.63) is 5.82 Å². The van der Waals surface area contributed by atoms with Gasteiger partial charge in [-0.15, -0.1) is 10.2 Å². The zero-order chi connectivity index (χ0) is 9.54. The van der Waals surface area contributed by atoms with Crippen molar-refractivity contribution in [2.75, 3.05) is 5.43 Å². The highest BCUT2D eigenvalue weighted by atomic mass is 32.2. The fourth-order valence-corrected chi connectivity index (χ4v) is 3.52. The van der Waals surface area contributed by atoms with Crippen molar-refractivity contribution in [2.24, 2.45) is 0 Å². The molecule has 2 heterocycles. The van der Waals surface area contributed by atoms with Gasteiger partial charge in [0.2, 0.25) is 5.16 Å². The smallest absolute Gasteiger partial charge is 0.210 e. The fraction of sp³-hybridized carbons (Fsp3) is 0.778. The molecule has 0 saturated heterocycles. The number of fused-ring (bicyclic) bond motifs is 2. The lowest BCUT2D eigenvalue weighted by molar-refractivity contribution is 0.592. The molecule has 0 radical (unpaired) electrons. The van der Waals surface area contributed by atoms with Crippen LogP contribution >= 0.6 is 11.8 Å². The standard InChI is InChI=1S/C9H14N4S/c1-2-8-10-11-9-13(8)12-6-4-3-5-7(6)14-9/h6-7,12H,2-5H2,1H3. The summed E-state index contributed by atoms with van der Waals surface area (Å²) in [5, 5.41) is 10.1. The first-order chi connectivity index (χ1) is 6.88. The van der Waals surface area contributed by atoms with E-state index in [1.165, 1.54) is 19.3 Å². The molecule has 1 fully saturated rings. The number of thioether (sulfide) groups is 1. The lowest BCUT2D eigenvalue weighted by Gasteiger charge is -2.28. The van der Waals surface area contributed by atoms with E-state index in [1.807, 2.05) is 11.8 Å². The summed E-state index contributed by atoms with van der Waals surface area (Å²) in [5.74, 6) is 1.05. The Morgan fingerprint density at radius 3 is 3.29 bits per heavy atom. The summed E-state index contributed by atoms with van der Waals surface area (Å²) in [6.45, 7) is 2.12. The molecule has 1 saturated carbocycles. The molecule has 14 heavy (non-hydrogen) atoms. The van der Waals surface area contributed by atoms with Crippen molar-refractivity contribution < 1.29 is 0 Å². The van der Waals surface area contributed by atoms with Gasteiger partial charge in [0, 0.05) is 11.7 Å². The number of hydrogen-bond donors (Lipinski definition) is 1. The van der Waals surface area contributed by atoms with Crippen LogP contribution in [0.3, 0.4) is 0 Å². The lowest BCUT2D eigenvalue weighted by atomic mass is 10.3. The SMILES string of the molecule is CCc1nnc2n1NC1CCCC1S2. The number of nitrogens with one attached hydrogen (secondary N) is 1. The van der Waals surface area contributed by atoms with E-state index in [9.17, 15) is 0 Å². The average Bonchev–Trinajstić information content (AvgIpc) is 2.78. The Morgan fingerprint density at radius 2 is 2.43 bits per heavy atom. The summed E-state index contributed by atoms with van der Waals surface area (Å²) in [4.78, 5) is 0. The highest BCUT2D eigenvalue weighted by molar-refractivity contribution is 7.99. The van der Waals surface area contributed by atoms with Gasteiger partial charge >= 0.3 is 0 Å². The third-order valence-corrected chi connectivity index (χ3v) is 4.36. The molecule has 1 aliphatic heterocycles. The Hall–Kier alpha value is -0.710. The van der Waals surface area contributed by atoms with Crippen LogP contribution in [0.25, 0.3) is 0 Å². The van der Waals surface area contributed by atoms with Crippen LogP contribution in [0.15, 0.2) is 5.16 Å². The molecule has 0 aromatic carbocycles. The molecule has 1 aromatic heterocycles. The molecule has 0 amide bonds. The molecule has 4 nitrogen and oxygen atoms in total. The Morgan fingerprint density at radius 1 is 1.50 bits per heavy atom. The maximum atomic E-state index is 4.20. The van der Waals surface area contributed by atoms with Crippen LogP contribution in [-0.4, -0.2) is 26.2 Å². The highest BCUT2D eigenvalue weighted by Gasteiger charge is 2.34. The number of aromatic nitrogens is 3. The monoisotopic (exact) mass is 210 g/mol. The van der Waals surface area contributed by atoms with E-state index in [0.717, 1.165) is 22.7 Å². The maximum Gasteiger partial charge on any atom is 0.210 e. The van der Waals surface area contributed by atoms with Gasteiger partial charge in [-0.1, -0.05) is 25.1 Å². The molecular weight excluding hydrogens is 196 g/mol. The van der Waals surface area contributed by atoms with Gasteiger partial charge in [0.15, 0.2) is 5.82 Å². The van der Waals surface area contributed by atoms with Crippen molar-refractivity contribution in [1.29, 1.82) is 0 Å². The molecular formula is C9H14N4S. The molecule has 1 N–H and O–H groups in total. The number of hydrogen-bond acceptors (Lipinski definition) is 4. The van der Waals surface area contributed by atoms with Crippen LogP contribution in [0.2, 0.25) is 0 Å². The minimum atomic E-state index is 0.633. The van der Waals surface area contributed by atoms with Crippen LogP contribution in [0.4, 0.5) is 0 Å². The minimum Gasteiger partial charge on any atom is -0.318 e. The zero-order valence-corrected chi connectivity index (χ0v) is 9.05. The lowest BCUT2D eigenvalue weighted by Crippen LogP contribution is -2.38. The normalized spacial score (nSPS) is 29.5. The predicted octanol–water partition coefficient (Wildman–Crippen LogP) is 1.41. The van der Waals surface area contributed by atoms with Crippen LogP contribution < -0.4 is 5.43 Å². The molecule has 2 aliphatic rings. The topological polar surface area (TPSA) is 42.7 Å². The molecule has 3 rings (SSSR count). The molecule has 1 aromatic rings. The van der Waals surface area contributed by atoms with E-state index in [0.29, 0.717) is 6.04 Å². The Labute approximate surface area is 87.4 Å². The Bertz CT molecular complexity index is 349. The second-order valence-electron chi connectivity index (χ2n) is 3.91. The minimum absolute atomic E-state index is 0.633. The van der Waals surface area contributed by atoms with Gasteiger partial charge < -0.3 is 5.43 Å². The molecule has 2 atom stereocenters. The first-order valence-electron chi connectivity index (χ1n) is 5.26. The van der Waals surface area contributed by atoms with Gasteiger partial charge in [-0.25, -0.2) is 4.68 Å². The summed E-state index contributed by atoms with van der Waals surface area (Å²) in [5.41, 5.74) is 3.53. The molecule has 0 spiro atoms. The van der Waals surface area contributed by atoms with Gasteiger partial charge in [0.1, 0.15) is 0 Å². The van der Waals surface area contributed by atoms with Gasteiger partial charge in [-0.3, -0.25) is 0 Å². The van der Waals surface area contributed by atoms with E-state index in [-0.39, 0.29) is 0 Å². The summed E-state index contributed by atoms with van der Waals surface area (Å²) in [6, 6.07) is 0.633. The van der Waals surface area contributed by atoms with Crippen LogP contribution in [0, 0.1) is 0 Å². The Kier molecular flexibility index (Phi) is 1.93. The van der Waals surface area contributed by atoms with Crippen LogP contribution in [0.5, 0.6) is 0 Å². The zero-order valence-electron chi connectivity index (χ0n) is 8.23. The van der Waals surface area contributed by atoms with Crippen molar-refractivity contribution >= 4 is 11.8 Å². The maximum absolute atomic E-state index is 4.20. The summed E-state index contributed by atoms with van der Waals surface area (Å²) in [6.07, 6.45) is 4.89. The largest absolute Gasteiger partial charge is 0.318 e. The van der Waals surface area contributed by atoms with Gasteiger partial charge in [0.05, 0.1) is 6.04 Å². The van der Waals surface area contributed by atoms with E-state index in [2.05, 4.69) is 27.2 Å². The van der Waals surface area contributed by atoms with Gasteiger partial charge in [-0.05, 0) is 12.8 Å². The second kappa shape index (κ2) is 3.15. The van der Waals surface area contributed by atoms with Gasteiger partial charge in [0.25, 0.3) is 0 Å². The number of nitrogens with zero attached hydrogens (tertiary/aromatic N) is 3. The number of aryl methyl sites for hydroxylation is 1. The molecule has 5 heteroatoms. The third kappa shape index (κ3) is 1.15. The van der Waals surface area contributed by atoms with Crippen LogP contribution in [-0.2, 0) is 6.42 Å². The average molecular weight is 210 g/mol. The molecule has 76 valence electrons. The predicted molar refractivity (Wildman–Crippen MR) is 56.0 cm³/mol. The van der Waals surface area contributed by atoms with E-state index >= 15 is 0 Å². The summed E-state index contributed by atoms with van der Waals surface area (Å²) >= 11 is 1.89. The van der Waals surface area contributed by atoms with Crippen molar-refractivity contribution in [3.63, 3.8) is 0 Å². The first-order valence-corrected chi connectivity index (χ1v) is 6.14. The Balaban J connectivity index is 1.95. The quantitative estimate of drug-likeness (QED) is 0.761. The summed E-state index contributed by atoms with van der Waals surface area (Å²) < 4.78 is 2.08. The summed E-state index contributed by atoms with van der Waals surface area (Å²) in [7, 11) is 0. The van der Waals surface area contributed by atoms with Gasteiger partial charge in [-0.2, -0.15) is 0 Å². The van der Waals surface area contributed by atoms with Crippen molar-refractivity contribution in [3.8, 4) is 0 Å². The first kappa shape index (κ1) is 8.59. The second-order valence-corrected chi connectivity index (χ2v) is 5.12. The van der Waals surface area contributed by atoms with E-state index in [1.54, 1.807) is 0 Å². The molecule has 2 unspecified atom stereocenters. The van der Waals surface area contributed by atoms with Crippen molar-refractivity contribution in [1.82, 2.24) is 14.9 Å². The van der Waals surface area contributed by atoms with Crippen LogP contribution in [0.1, 0.15) is 32.0 Å². The third-order valence-electron chi connectivity index (χ3n) is 3.02. The van der Waals surface area contributed by atoms with E-state index < -0.39 is 0 Å². The molecule has 1 aliphatic carbocycles. The number of rotatable bonds is 1. The fourth-order valence-electron chi connectivity index (χ4n) is 2.25.